The Morgan fingerprint density at radius 1 is 1.09 bits per heavy atom. The van der Waals surface area contributed by atoms with Crippen LogP contribution in [-0.4, -0.2) is 53.7 Å². The van der Waals surface area contributed by atoms with Crippen LogP contribution in [0, 0.1) is 11.8 Å². The number of benzene rings is 2. The minimum Gasteiger partial charge on any atom is -0.481 e. The van der Waals surface area contributed by atoms with Gasteiger partial charge in [-0.15, -0.1) is 0 Å². The molecule has 1 saturated carbocycles. The summed E-state index contributed by atoms with van der Waals surface area (Å²) in [7, 11) is 0. The second-order valence-electron chi connectivity index (χ2n) is 8.97. The quantitative estimate of drug-likeness (QED) is 0.605. The lowest BCUT2D eigenvalue weighted by Gasteiger charge is -2.26. The van der Waals surface area contributed by atoms with Crippen LogP contribution in [0.5, 0.6) is 0 Å². The zero-order chi connectivity index (χ0) is 23.5. The third kappa shape index (κ3) is 5.02. The van der Waals surface area contributed by atoms with Gasteiger partial charge in [-0.25, -0.2) is 4.79 Å². The predicted octanol–water partition coefficient (Wildman–Crippen LogP) is 3.87. The van der Waals surface area contributed by atoms with E-state index in [0.29, 0.717) is 24.9 Å². The van der Waals surface area contributed by atoms with Crippen molar-refractivity contribution in [2.24, 2.45) is 11.8 Å². The van der Waals surface area contributed by atoms with Gasteiger partial charge >= 0.3 is 12.1 Å². The zero-order valence-corrected chi connectivity index (χ0v) is 19.0. The standard InChI is InChI=1S/C26H30N2O5/c1-3-28(14-17-12-16(17)2)25(31)23(13-24(29)30)27-26(32)33-15-22-20-10-6-4-8-18(20)19-9-5-7-11-21(19)22/h4-11,16-17,22-23H,3,12-15H2,1-2H3,(H,27,32)(H,29,30). The lowest BCUT2D eigenvalue weighted by Crippen LogP contribution is -2.50. The van der Waals surface area contributed by atoms with Gasteiger partial charge in [-0.2, -0.15) is 0 Å². The monoisotopic (exact) mass is 450 g/mol. The summed E-state index contributed by atoms with van der Waals surface area (Å²) in [4.78, 5) is 38.6. The Balaban J connectivity index is 1.42. The van der Waals surface area contributed by atoms with Crippen molar-refractivity contribution >= 4 is 18.0 Å². The van der Waals surface area contributed by atoms with E-state index >= 15 is 0 Å². The number of nitrogens with one attached hydrogen (secondary N) is 1. The minimum atomic E-state index is -1.16. The van der Waals surface area contributed by atoms with Crippen LogP contribution in [0.15, 0.2) is 48.5 Å². The van der Waals surface area contributed by atoms with Gasteiger partial charge in [-0.1, -0.05) is 55.5 Å². The molecule has 4 rings (SSSR count). The molecule has 2 amide bonds. The highest BCUT2D eigenvalue weighted by molar-refractivity contribution is 5.89. The smallest absolute Gasteiger partial charge is 0.407 e. The summed E-state index contributed by atoms with van der Waals surface area (Å²) in [6, 6.07) is 14.9. The second kappa shape index (κ2) is 9.65. The van der Waals surface area contributed by atoms with Crippen molar-refractivity contribution in [2.75, 3.05) is 19.7 Å². The van der Waals surface area contributed by atoms with Gasteiger partial charge in [0.2, 0.25) is 5.91 Å². The van der Waals surface area contributed by atoms with Gasteiger partial charge in [-0.3, -0.25) is 9.59 Å². The van der Waals surface area contributed by atoms with Gasteiger partial charge < -0.3 is 20.1 Å². The minimum absolute atomic E-state index is 0.102. The molecule has 0 bridgehead atoms. The number of carboxylic acids is 1. The van der Waals surface area contributed by atoms with Crippen molar-refractivity contribution in [3.8, 4) is 11.1 Å². The Hall–Kier alpha value is -3.35. The highest BCUT2D eigenvalue weighted by Crippen LogP contribution is 2.44. The highest BCUT2D eigenvalue weighted by Gasteiger charge is 2.37. The fraction of sp³-hybridized carbons (Fsp3) is 0.423. The van der Waals surface area contributed by atoms with E-state index in [1.54, 1.807) is 4.90 Å². The number of likely N-dealkylation sites (N-methyl/N-ethyl adjacent to an activating group) is 1. The van der Waals surface area contributed by atoms with Crippen molar-refractivity contribution in [1.29, 1.82) is 0 Å². The molecule has 3 unspecified atom stereocenters. The predicted molar refractivity (Wildman–Crippen MR) is 124 cm³/mol. The topological polar surface area (TPSA) is 95.9 Å². The maximum atomic E-state index is 13.0. The van der Waals surface area contributed by atoms with Crippen LogP contribution in [0.2, 0.25) is 0 Å². The average molecular weight is 451 g/mol. The number of hydrogen-bond donors (Lipinski definition) is 2. The number of ether oxygens (including phenoxy) is 1. The number of carboxylic acid groups (broad SMARTS) is 1. The number of rotatable bonds is 9. The molecule has 1 fully saturated rings. The van der Waals surface area contributed by atoms with Crippen LogP contribution in [0.1, 0.15) is 43.7 Å². The first-order valence-corrected chi connectivity index (χ1v) is 11.5. The van der Waals surface area contributed by atoms with Gasteiger partial charge in [0, 0.05) is 19.0 Å². The highest BCUT2D eigenvalue weighted by atomic mass is 16.5. The maximum Gasteiger partial charge on any atom is 0.407 e. The summed E-state index contributed by atoms with van der Waals surface area (Å²) in [6.45, 7) is 5.14. The van der Waals surface area contributed by atoms with Crippen molar-refractivity contribution < 1.29 is 24.2 Å². The molecule has 2 N–H and O–H groups in total. The zero-order valence-electron chi connectivity index (χ0n) is 19.0. The third-order valence-corrected chi connectivity index (χ3v) is 6.74. The largest absolute Gasteiger partial charge is 0.481 e. The Morgan fingerprint density at radius 2 is 1.67 bits per heavy atom. The maximum absolute atomic E-state index is 13.0. The van der Waals surface area contributed by atoms with E-state index in [1.807, 2.05) is 43.3 Å². The van der Waals surface area contributed by atoms with Gasteiger partial charge in [-0.05, 0) is 47.4 Å². The van der Waals surface area contributed by atoms with E-state index in [1.165, 1.54) is 0 Å². The molecule has 2 aliphatic rings. The average Bonchev–Trinajstić information content (AvgIpc) is 3.41. The Labute approximate surface area is 193 Å². The van der Waals surface area contributed by atoms with Gasteiger partial charge in [0.15, 0.2) is 0 Å². The molecule has 0 saturated heterocycles. The molecule has 0 aromatic heterocycles. The van der Waals surface area contributed by atoms with Crippen molar-refractivity contribution in [2.45, 2.75) is 38.6 Å². The molecule has 0 heterocycles. The first kappa shape index (κ1) is 22.8. The van der Waals surface area contributed by atoms with Crippen molar-refractivity contribution in [3.05, 3.63) is 59.7 Å². The van der Waals surface area contributed by atoms with Crippen LogP contribution in [0.4, 0.5) is 4.79 Å². The SMILES string of the molecule is CCN(CC1CC1C)C(=O)C(CC(=O)O)NC(=O)OCC1c2ccccc2-c2ccccc21. The van der Waals surface area contributed by atoms with Gasteiger partial charge in [0.05, 0.1) is 6.42 Å². The molecule has 0 radical (unpaired) electrons. The molecule has 7 nitrogen and oxygen atoms in total. The summed E-state index contributed by atoms with van der Waals surface area (Å²) in [5, 5.41) is 11.8. The van der Waals surface area contributed by atoms with Crippen LogP contribution in [0.3, 0.4) is 0 Å². The van der Waals surface area contributed by atoms with Crippen molar-refractivity contribution in [1.82, 2.24) is 10.2 Å². The Bertz CT molecular complexity index is 1010. The lowest BCUT2D eigenvalue weighted by molar-refractivity contribution is -0.142. The second-order valence-corrected chi connectivity index (χ2v) is 8.97. The van der Waals surface area contributed by atoms with E-state index in [-0.39, 0.29) is 18.4 Å². The van der Waals surface area contributed by atoms with Gasteiger partial charge in [0.25, 0.3) is 0 Å². The molecule has 174 valence electrons. The molecular formula is C26H30N2O5. The van der Waals surface area contributed by atoms with Crippen LogP contribution in [-0.2, 0) is 14.3 Å². The number of carbonyl (C=O) groups is 3. The van der Waals surface area contributed by atoms with E-state index in [9.17, 15) is 19.5 Å². The molecule has 2 aromatic rings. The molecule has 0 spiro atoms. The molecule has 33 heavy (non-hydrogen) atoms. The first-order valence-electron chi connectivity index (χ1n) is 11.5. The third-order valence-electron chi connectivity index (χ3n) is 6.74. The number of alkyl carbamates (subject to hydrolysis) is 1. The molecule has 3 atom stereocenters. The number of aliphatic carboxylic acids is 1. The molecule has 0 aliphatic heterocycles. The molecule has 7 heteroatoms. The number of hydrogen-bond acceptors (Lipinski definition) is 4. The van der Waals surface area contributed by atoms with Crippen LogP contribution in [0.25, 0.3) is 11.1 Å². The van der Waals surface area contributed by atoms with E-state index in [4.69, 9.17) is 4.74 Å². The van der Waals surface area contributed by atoms with Crippen LogP contribution < -0.4 is 5.32 Å². The fourth-order valence-electron chi connectivity index (χ4n) is 4.69. The normalized spacial score (nSPS) is 19.2. The summed E-state index contributed by atoms with van der Waals surface area (Å²) in [5.74, 6) is -0.635. The van der Waals surface area contributed by atoms with Crippen LogP contribution >= 0.6 is 0 Å². The van der Waals surface area contributed by atoms with Gasteiger partial charge in [0.1, 0.15) is 12.6 Å². The number of fused-ring (bicyclic) bond motifs is 3. The summed E-state index contributed by atoms with van der Waals surface area (Å²) in [5.41, 5.74) is 4.41. The summed E-state index contributed by atoms with van der Waals surface area (Å²) >= 11 is 0. The Kier molecular flexibility index (Phi) is 6.67. The van der Waals surface area contributed by atoms with E-state index < -0.39 is 24.5 Å². The van der Waals surface area contributed by atoms with E-state index in [0.717, 1.165) is 28.7 Å². The molecule has 2 aliphatic carbocycles. The molecular weight excluding hydrogens is 420 g/mol. The fourth-order valence-corrected chi connectivity index (χ4v) is 4.69. The Morgan fingerprint density at radius 3 is 2.18 bits per heavy atom. The number of carbonyl (C=O) groups excluding carboxylic acids is 2. The number of amides is 2. The summed E-state index contributed by atoms with van der Waals surface area (Å²) < 4.78 is 5.51. The van der Waals surface area contributed by atoms with E-state index in [2.05, 4.69) is 24.4 Å². The first-order chi connectivity index (χ1) is 15.9. The summed E-state index contributed by atoms with van der Waals surface area (Å²) in [6.07, 6.45) is -0.209. The van der Waals surface area contributed by atoms with Crippen molar-refractivity contribution in [3.63, 3.8) is 0 Å². The molecule has 2 aromatic carbocycles. The number of nitrogens with zero attached hydrogens (tertiary/aromatic N) is 1. The lowest BCUT2D eigenvalue weighted by atomic mass is 9.98.